The topological polar surface area (TPSA) is 41.1 Å². The molecular formula is C17H19FN2O. The molecule has 2 N–H and O–H groups in total. The zero-order valence-corrected chi connectivity index (χ0v) is 12.4. The van der Waals surface area contributed by atoms with Crippen LogP contribution in [0.15, 0.2) is 42.5 Å². The van der Waals surface area contributed by atoms with E-state index in [2.05, 4.69) is 34.9 Å². The first-order valence-corrected chi connectivity index (χ1v) is 6.86. The second-order valence-corrected chi connectivity index (χ2v) is 5.15. The first-order valence-electron chi connectivity index (χ1n) is 6.86. The van der Waals surface area contributed by atoms with E-state index in [1.54, 1.807) is 12.1 Å². The minimum Gasteiger partial charge on any atom is -0.378 e. The second kappa shape index (κ2) is 6.39. The quantitative estimate of drug-likeness (QED) is 0.881. The zero-order chi connectivity index (χ0) is 15.4. The molecule has 3 nitrogen and oxygen atoms in total. The van der Waals surface area contributed by atoms with Crippen molar-refractivity contribution in [3.63, 3.8) is 0 Å². The Morgan fingerprint density at radius 1 is 1.14 bits per heavy atom. The number of rotatable bonds is 4. The number of amides is 1. The SMILES string of the molecule is CC(=O)Nc1cc(NC(C)c2ccc(C)cc2)ccc1F. The molecule has 1 unspecified atom stereocenters. The van der Waals surface area contributed by atoms with Crippen LogP contribution in [-0.4, -0.2) is 5.91 Å². The van der Waals surface area contributed by atoms with Crippen molar-refractivity contribution in [2.45, 2.75) is 26.8 Å². The summed E-state index contributed by atoms with van der Waals surface area (Å²) in [5.41, 5.74) is 3.29. The third-order valence-electron chi connectivity index (χ3n) is 3.24. The van der Waals surface area contributed by atoms with Gasteiger partial charge in [0.2, 0.25) is 5.91 Å². The molecule has 0 radical (unpaired) electrons. The molecule has 0 spiro atoms. The van der Waals surface area contributed by atoms with Crippen LogP contribution in [0, 0.1) is 12.7 Å². The fourth-order valence-corrected chi connectivity index (χ4v) is 2.09. The highest BCUT2D eigenvalue weighted by Crippen LogP contribution is 2.24. The van der Waals surface area contributed by atoms with E-state index in [9.17, 15) is 9.18 Å². The number of benzene rings is 2. The Kier molecular flexibility index (Phi) is 4.58. The van der Waals surface area contributed by atoms with Gasteiger partial charge in [0.05, 0.1) is 5.69 Å². The van der Waals surface area contributed by atoms with Gasteiger partial charge in [-0.25, -0.2) is 4.39 Å². The molecule has 2 rings (SSSR count). The van der Waals surface area contributed by atoms with Crippen LogP contribution in [0.2, 0.25) is 0 Å². The van der Waals surface area contributed by atoms with Gasteiger partial charge in [0.1, 0.15) is 5.82 Å². The van der Waals surface area contributed by atoms with Crippen molar-refractivity contribution in [1.82, 2.24) is 0 Å². The maximum absolute atomic E-state index is 13.6. The highest BCUT2D eigenvalue weighted by atomic mass is 19.1. The lowest BCUT2D eigenvalue weighted by atomic mass is 10.1. The van der Waals surface area contributed by atoms with E-state index < -0.39 is 5.82 Å². The van der Waals surface area contributed by atoms with E-state index >= 15 is 0 Å². The summed E-state index contributed by atoms with van der Waals surface area (Å²) in [6.45, 7) is 5.43. The zero-order valence-electron chi connectivity index (χ0n) is 12.4. The summed E-state index contributed by atoms with van der Waals surface area (Å²) in [5.74, 6) is -0.739. The van der Waals surface area contributed by atoms with Crippen LogP contribution in [0.5, 0.6) is 0 Å². The van der Waals surface area contributed by atoms with E-state index in [0.717, 1.165) is 11.3 Å². The average molecular weight is 286 g/mol. The molecule has 0 fully saturated rings. The first kappa shape index (κ1) is 15.0. The monoisotopic (exact) mass is 286 g/mol. The number of aryl methyl sites for hydroxylation is 1. The van der Waals surface area contributed by atoms with Crippen molar-refractivity contribution in [1.29, 1.82) is 0 Å². The molecule has 0 saturated carbocycles. The number of hydrogen-bond acceptors (Lipinski definition) is 2. The van der Waals surface area contributed by atoms with Gasteiger partial charge in [-0.3, -0.25) is 4.79 Å². The van der Waals surface area contributed by atoms with Gasteiger partial charge in [0.15, 0.2) is 0 Å². The van der Waals surface area contributed by atoms with Crippen molar-refractivity contribution in [2.75, 3.05) is 10.6 Å². The summed E-state index contributed by atoms with van der Waals surface area (Å²) in [6.07, 6.45) is 0. The van der Waals surface area contributed by atoms with E-state index in [-0.39, 0.29) is 17.6 Å². The summed E-state index contributed by atoms with van der Waals surface area (Å²) in [7, 11) is 0. The van der Waals surface area contributed by atoms with E-state index in [1.807, 2.05) is 13.8 Å². The van der Waals surface area contributed by atoms with Crippen LogP contribution in [0.25, 0.3) is 0 Å². The number of halogens is 1. The highest BCUT2D eigenvalue weighted by molar-refractivity contribution is 5.89. The normalized spacial score (nSPS) is 11.8. The van der Waals surface area contributed by atoms with Crippen LogP contribution in [0.4, 0.5) is 15.8 Å². The fraction of sp³-hybridized carbons (Fsp3) is 0.235. The van der Waals surface area contributed by atoms with E-state index in [0.29, 0.717) is 0 Å². The summed E-state index contributed by atoms with van der Waals surface area (Å²) < 4.78 is 13.6. The van der Waals surface area contributed by atoms with Gasteiger partial charge >= 0.3 is 0 Å². The standard InChI is InChI=1S/C17H19FN2O/c1-11-4-6-14(7-5-11)12(2)19-15-8-9-16(18)17(10-15)20-13(3)21/h4-10,12,19H,1-3H3,(H,20,21). The van der Waals surface area contributed by atoms with Gasteiger partial charge in [-0.1, -0.05) is 29.8 Å². The molecule has 0 aliphatic rings. The van der Waals surface area contributed by atoms with Crippen molar-refractivity contribution < 1.29 is 9.18 Å². The molecule has 2 aromatic rings. The van der Waals surface area contributed by atoms with E-state index in [4.69, 9.17) is 0 Å². The maximum atomic E-state index is 13.6. The summed E-state index contributed by atoms with van der Waals surface area (Å²) in [6, 6.07) is 12.9. The molecule has 0 heterocycles. The summed E-state index contributed by atoms with van der Waals surface area (Å²) in [5, 5.41) is 5.78. The smallest absolute Gasteiger partial charge is 0.221 e. The summed E-state index contributed by atoms with van der Waals surface area (Å²) in [4.78, 5) is 11.1. The Balaban J connectivity index is 2.15. The molecule has 0 aliphatic carbocycles. The Morgan fingerprint density at radius 2 is 1.81 bits per heavy atom. The first-order chi connectivity index (χ1) is 9.95. The third-order valence-corrected chi connectivity index (χ3v) is 3.24. The molecule has 0 bridgehead atoms. The Labute approximate surface area is 124 Å². The predicted molar refractivity (Wildman–Crippen MR) is 83.9 cm³/mol. The lowest BCUT2D eigenvalue weighted by Gasteiger charge is -2.17. The minimum absolute atomic E-state index is 0.0845. The maximum Gasteiger partial charge on any atom is 0.221 e. The lowest BCUT2D eigenvalue weighted by molar-refractivity contribution is -0.114. The number of carbonyl (C=O) groups is 1. The van der Waals surface area contributed by atoms with Crippen LogP contribution in [0.3, 0.4) is 0 Å². The van der Waals surface area contributed by atoms with Crippen molar-refractivity contribution >= 4 is 17.3 Å². The average Bonchev–Trinajstić information content (AvgIpc) is 2.42. The van der Waals surface area contributed by atoms with Gasteiger partial charge in [-0.2, -0.15) is 0 Å². The van der Waals surface area contributed by atoms with Crippen molar-refractivity contribution in [2.24, 2.45) is 0 Å². The van der Waals surface area contributed by atoms with Gasteiger partial charge in [-0.15, -0.1) is 0 Å². The number of anilines is 2. The van der Waals surface area contributed by atoms with Crippen LogP contribution in [-0.2, 0) is 4.79 Å². The van der Waals surface area contributed by atoms with Gasteiger partial charge in [0, 0.05) is 18.7 Å². The fourth-order valence-electron chi connectivity index (χ4n) is 2.09. The molecule has 1 amide bonds. The van der Waals surface area contributed by atoms with Crippen molar-refractivity contribution in [3.05, 3.63) is 59.4 Å². The minimum atomic E-state index is -0.446. The number of hydrogen-bond donors (Lipinski definition) is 2. The Bertz CT molecular complexity index is 638. The van der Waals surface area contributed by atoms with Crippen LogP contribution < -0.4 is 10.6 Å². The Morgan fingerprint density at radius 3 is 2.43 bits per heavy atom. The molecule has 4 heteroatoms. The molecule has 1 atom stereocenters. The molecule has 2 aromatic carbocycles. The largest absolute Gasteiger partial charge is 0.378 e. The molecule has 0 saturated heterocycles. The second-order valence-electron chi connectivity index (χ2n) is 5.15. The predicted octanol–water partition coefficient (Wildman–Crippen LogP) is 4.27. The van der Waals surface area contributed by atoms with Crippen LogP contribution >= 0.6 is 0 Å². The Hall–Kier alpha value is -2.36. The van der Waals surface area contributed by atoms with Gasteiger partial charge < -0.3 is 10.6 Å². The molecule has 0 aliphatic heterocycles. The van der Waals surface area contributed by atoms with Gasteiger partial charge in [0.25, 0.3) is 0 Å². The third kappa shape index (κ3) is 4.05. The molecule has 110 valence electrons. The lowest BCUT2D eigenvalue weighted by Crippen LogP contribution is -2.10. The molecular weight excluding hydrogens is 267 g/mol. The van der Waals surface area contributed by atoms with Gasteiger partial charge in [-0.05, 0) is 37.6 Å². The number of nitrogens with one attached hydrogen (secondary N) is 2. The summed E-state index contributed by atoms with van der Waals surface area (Å²) >= 11 is 0. The molecule has 21 heavy (non-hydrogen) atoms. The van der Waals surface area contributed by atoms with E-state index in [1.165, 1.54) is 18.6 Å². The van der Waals surface area contributed by atoms with Crippen LogP contribution in [0.1, 0.15) is 31.0 Å². The van der Waals surface area contributed by atoms with Crippen molar-refractivity contribution in [3.8, 4) is 0 Å². The number of carbonyl (C=O) groups excluding carboxylic acids is 1. The molecule has 0 aromatic heterocycles. The highest BCUT2D eigenvalue weighted by Gasteiger charge is 2.08.